The van der Waals surface area contributed by atoms with E-state index in [0.717, 1.165) is 33.7 Å². The van der Waals surface area contributed by atoms with E-state index in [-0.39, 0.29) is 0 Å². The molecule has 0 aliphatic rings. The monoisotopic (exact) mass is 267 g/mol. The Hall–Kier alpha value is -2.49. The van der Waals surface area contributed by atoms with Crippen molar-refractivity contribution in [1.29, 1.82) is 0 Å². The largest absolute Gasteiger partial charge is 0.497 e. The Labute approximate surface area is 117 Å². The number of rotatable bonds is 3. The first-order valence-corrected chi connectivity index (χ1v) is 6.53. The van der Waals surface area contributed by atoms with Crippen molar-refractivity contribution >= 4 is 22.8 Å². The minimum Gasteiger partial charge on any atom is -0.497 e. The van der Waals surface area contributed by atoms with Gasteiger partial charge in [0.25, 0.3) is 0 Å². The van der Waals surface area contributed by atoms with E-state index in [0.29, 0.717) is 0 Å². The molecule has 2 heterocycles. The summed E-state index contributed by atoms with van der Waals surface area (Å²) in [7, 11) is 1.67. The molecule has 0 amide bonds. The van der Waals surface area contributed by atoms with Gasteiger partial charge in [0.05, 0.1) is 30.2 Å². The molecule has 0 radical (unpaired) electrons. The van der Waals surface area contributed by atoms with E-state index < -0.39 is 0 Å². The van der Waals surface area contributed by atoms with Gasteiger partial charge in [0.1, 0.15) is 5.75 Å². The fourth-order valence-corrected chi connectivity index (χ4v) is 2.36. The van der Waals surface area contributed by atoms with Crippen LogP contribution in [0.2, 0.25) is 0 Å². The van der Waals surface area contributed by atoms with E-state index in [1.54, 1.807) is 7.11 Å². The van der Waals surface area contributed by atoms with Crippen LogP contribution in [-0.4, -0.2) is 23.3 Å². The smallest absolute Gasteiger partial charge is 0.121 e. The topological polar surface area (TPSA) is 53.2 Å². The van der Waals surface area contributed by atoms with Gasteiger partial charge in [-0.1, -0.05) is 0 Å². The van der Waals surface area contributed by atoms with Crippen LogP contribution < -0.4 is 4.74 Å². The number of aliphatic imine (C=N–C) groups is 1. The maximum absolute atomic E-state index is 5.32. The van der Waals surface area contributed by atoms with Gasteiger partial charge in [0.2, 0.25) is 0 Å². The Morgan fingerprint density at radius 1 is 1.20 bits per heavy atom. The molecule has 0 saturated heterocycles. The third kappa shape index (κ3) is 2.20. The van der Waals surface area contributed by atoms with Crippen molar-refractivity contribution in [3.05, 3.63) is 47.4 Å². The second kappa shape index (κ2) is 4.89. The average Bonchev–Trinajstić information content (AvgIpc) is 3.02. The highest BCUT2D eigenvalue weighted by atomic mass is 16.5. The number of fused-ring (bicyclic) bond motifs is 1. The molecule has 1 aromatic carbocycles. The predicted molar refractivity (Wildman–Crippen MR) is 82.4 cm³/mol. The van der Waals surface area contributed by atoms with Crippen molar-refractivity contribution < 1.29 is 4.74 Å². The molecule has 0 atom stereocenters. The number of hydrogen-bond donors (Lipinski definition) is 2. The fourth-order valence-electron chi connectivity index (χ4n) is 2.36. The van der Waals surface area contributed by atoms with Gasteiger partial charge in [-0.05, 0) is 37.6 Å². The summed E-state index contributed by atoms with van der Waals surface area (Å²) in [6, 6.07) is 8.05. The summed E-state index contributed by atoms with van der Waals surface area (Å²) in [6.45, 7) is 4.11. The molecule has 102 valence electrons. The van der Waals surface area contributed by atoms with E-state index in [1.165, 1.54) is 5.56 Å². The number of nitrogens with zero attached hydrogens (tertiary/aromatic N) is 1. The van der Waals surface area contributed by atoms with E-state index in [1.807, 2.05) is 37.5 Å². The minimum absolute atomic E-state index is 0.809. The molecule has 0 saturated carbocycles. The molecule has 2 N–H and O–H groups in total. The molecule has 0 spiro atoms. The van der Waals surface area contributed by atoms with Crippen LogP contribution in [0.3, 0.4) is 0 Å². The van der Waals surface area contributed by atoms with E-state index in [9.17, 15) is 0 Å². The van der Waals surface area contributed by atoms with Gasteiger partial charge in [0.15, 0.2) is 0 Å². The first-order valence-electron chi connectivity index (χ1n) is 6.53. The molecular formula is C16H17N3O. The maximum atomic E-state index is 5.32. The fraction of sp³-hybridized carbons (Fsp3) is 0.188. The summed E-state index contributed by atoms with van der Waals surface area (Å²) in [4.78, 5) is 11.1. The van der Waals surface area contributed by atoms with Gasteiger partial charge in [-0.25, -0.2) is 0 Å². The van der Waals surface area contributed by atoms with Crippen LogP contribution in [0.15, 0.2) is 35.5 Å². The van der Waals surface area contributed by atoms with Crippen molar-refractivity contribution in [2.45, 2.75) is 13.8 Å². The molecule has 3 rings (SSSR count). The highest BCUT2D eigenvalue weighted by molar-refractivity contribution is 5.94. The second-order valence-electron chi connectivity index (χ2n) is 4.90. The number of nitrogens with one attached hydrogen (secondary N) is 2. The van der Waals surface area contributed by atoms with Crippen LogP contribution >= 0.6 is 0 Å². The lowest BCUT2D eigenvalue weighted by Crippen LogP contribution is -1.86. The van der Waals surface area contributed by atoms with Crippen molar-refractivity contribution in [2.24, 2.45) is 4.99 Å². The summed E-state index contributed by atoms with van der Waals surface area (Å²) >= 11 is 0. The molecule has 0 unspecified atom stereocenters. The molecule has 0 fully saturated rings. The van der Waals surface area contributed by atoms with E-state index in [2.05, 4.69) is 28.0 Å². The number of methoxy groups -OCH3 is 1. The highest BCUT2D eigenvalue weighted by Crippen LogP contribution is 2.30. The molecular weight excluding hydrogens is 250 g/mol. The van der Waals surface area contributed by atoms with Gasteiger partial charge < -0.3 is 14.7 Å². The molecule has 3 aromatic rings. The quantitative estimate of drug-likeness (QED) is 0.695. The van der Waals surface area contributed by atoms with Gasteiger partial charge in [-0.15, -0.1) is 0 Å². The summed E-state index contributed by atoms with van der Waals surface area (Å²) in [5, 5.41) is 1.09. The van der Waals surface area contributed by atoms with Gasteiger partial charge in [0, 0.05) is 23.3 Å². The number of aromatic nitrogens is 2. The zero-order valence-electron chi connectivity index (χ0n) is 11.8. The molecule has 2 aromatic heterocycles. The summed E-state index contributed by atoms with van der Waals surface area (Å²) in [5.41, 5.74) is 5.25. The normalized spacial score (nSPS) is 11.6. The van der Waals surface area contributed by atoms with E-state index >= 15 is 0 Å². The number of benzene rings is 1. The zero-order valence-corrected chi connectivity index (χ0v) is 11.8. The number of H-pyrrole nitrogens is 2. The number of aromatic amines is 2. The average molecular weight is 267 g/mol. The molecule has 0 aliphatic heterocycles. The Kier molecular flexibility index (Phi) is 3.06. The van der Waals surface area contributed by atoms with Crippen LogP contribution in [0.25, 0.3) is 10.9 Å². The van der Waals surface area contributed by atoms with Gasteiger partial charge in [-0.3, -0.25) is 4.99 Å². The lowest BCUT2D eigenvalue weighted by Gasteiger charge is -2.03. The highest BCUT2D eigenvalue weighted by Gasteiger charge is 2.05. The Morgan fingerprint density at radius 3 is 2.75 bits per heavy atom. The van der Waals surface area contributed by atoms with Crippen molar-refractivity contribution in [1.82, 2.24) is 9.97 Å². The minimum atomic E-state index is 0.809. The van der Waals surface area contributed by atoms with Crippen molar-refractivity contribution in [3.8, 4) is 5.75 Å². The third-order valence-corrected chi connectivity index (χ3v) is 3.37. The number of hydrogen-bond acceptors (Lipinski definition) is 2. The summed E-state index contributed by atoms with van der Waals surface area (Å²) < 4.78 is 5.32. The first-order chi connectivity index (χ1) is 9.67. The maximum Gasteiger partial charge on any atom is 0.121 e. The second-order valence-corrected chi connectivity index (χ2v) is 4.90. The van der Waals surface area contributed by atoms with Crippen LogP contribution in [-0.2, 0) is 0 Å². The molecule has 0 aliphatic carbocycles. The SMILES string of the molecule is COc1cc(/N=C/c2[nH]c(C)cc2C)c2[nH]ccc2c1. The molecule has 4 heteroatoms. The standard InChI is InChI=1S/C16H17N3O/c1-10-6-11(2)19-15(10)9-18-14-8-13(20-3)7-12-4-5-17-16(12)14/h4-9,17,19H,1-3H3/b18-9+. The zero-order chi connectivity index (χ0) is 14.1. The lowest BCUT2D eigenvalue weighted by atomic mass is 10.2. The van der Waals surface area contributed by atoms with Crippen molar-refractivity contribution in [2.75, 3.05) is 7.11 Å². The Bertz CT molecular complexity index is 780. The number of ether oxygens (including phenoxy) is 1. The van der Waals surface area contributed by atoms with Crippen LogP contribution in [0, 0.1) is 13.8 Å². The Morgan fingerprint density at radius 2 is 2.05 bits per heavy atom. The van der Waals surface area contributed by atoms with Crippen LogP contribution in [0.5, 0.6) is 5.75 Å². The predicted octanol–water partition coefficient (Wildman–Crippen LogP) is 3.87. The van der Waals surface area contributed by atoms with Crippen LogP contribution in [0.4, 0.5) is 5.69 Å². The molecule has 4 nitrogen and oxygen atoms in total. The Balaban J connectivity index is 2.05. The number of aryl methyl sites for hydroxylation is 2. The van der Waals surface area contributed by atoms with Crippen molar-refractivity contribution in [3.63, 3.8) is 0 Å². The first kappa shape index (κ1) is 12.5. The summed E-state index contributed by atoms with van der Waals surface area (Å²) in [6.07, 6.45) is 3.77. The molecule has 0 bridgehead atoms. The summed E-state index contributed by atoms with van der Waals surface area (Å²) in [5.74, 6) is 0.809. The van der Waals surface area contributed by atoms with Crippen LogP contribution in [0.1, 0.15) is 17.0 Å². The third-order valence-electron chi connectivity index (χ3n) is 3.37. The molecule has 20 heavy (non-hydrogen) atoms. The van der Waals surface area contributed by atoms with Gasteiger partial charge >= 0.3 is 0 Å². The van der Waals surface area contributed by atoms with Gasteiger partial charge in [-0.2, -0.15) is 0 Å². The lowest BCUT2D eigenvalue weighted by molar-refractivity contribution is 0.415. The van der Waals surface area contributed by atoms with E-state index in [4.69, 9.17) is 4.74 Å².